The minimum absolute atomic E-state index is 0.161. The standard InChI is InChI=1S/C18H20N2O4/c21-17(20-12-18(22)7-9-23-13-18)15-6-8-19-16(10-15)24-11-14-4-2-1-3-5-14/h1-6,8,10,22H,7,9,11-13H2,(H,20,21)/t18-/m0/s1. The Balaban J connectivity index is 1.56. The number of amides is 1. The summed E-state index contributed by atoms with van der Waals surface area (Å²) in [5.74, 6) is 0.108. The molecule has 1 amide bonds. The van der Waals surface area contributed by atoms with Crippen LogP contribution in [0.4, 0.5) is 0 Å². The monoisotopic (exact) mass is 328 g/mol. The van der Waals surface area contributed by atoms with Crippen LogP contribution in [0.15, 0.2) is 48.7 Å². The Kier molecular flexibility index (Phi) is 5.08. The van der Waals surface area contributed by atoms with Gasteiger partial charge in [0, 0.05) is 37.4 Å². The molecule has 24 heavy (non-hydrogen) atoms. The van der Waals surface area contributed by atoms with E-state index < -0.39 is 5.60 Å². The summed E-state index contributed by atoms with van der Waals surface area (Å²) >= 11 is 0. The molecular weight excluding hydrogens is 308 g/mol. The lowest BCUT2D eigenvalue weighted by Crippen LogP contribution is -2.43. The summed E-state index contributed by atoms with van der Waals surface area (Å²) in [7, 11) is 0. The molecule has 1 saturated heterocycles. The van der Waals surface area contributed by atoms with Gasteiger partial charge >= 0.3 is 0 Å². The van der Waals surface area contributed by atoms with Crippen molar-refractivity contribution in [3.63, 3.8) is 0 Å². The first-order valence-electron chi connectivity index (χ1n) is 7.86. The van der Waals surface area contributed by atoms with Crippen LogP contribution in [-0.2, 0) is 11.3 Å². The molecule has 0 saturated carbocycles. The molecule has 1 atom stereocenters. The van der Waals surface area contributed by atoms with Gasteiger partial charge in [0.2, 0.25) is 5.88 Å². The first-order chi connectivity index (χ1) is 11.6. The fourth-order valence-corrected chi connectivity index (χ4v) is 2.44. The molecule has 2 aromatic rings. The van der Waals surface area contributed by atoms with Crippen molar-refractivity contribution in [3.8, 4) is 5.88 Å². The van der Waals surface area contributed by atoms with Gasteiger partial charge in [-0.1, -0.05) is 30.3 Å². The van der Waals surface area contributed by atoms with E-state index in [9.17, 15) is 9.90 Å². The van der Waals surface area contributed by atoms with E-state index in [2.05, 4.69) is 10.3 Å². The summed E-state index contributed by atoms with van der Waals surface area (Å²) in [6, 6.07) is 12.9. The number of aromatic nitrogens is 1. The van der Waals surface area contributed by atoms with E-state index in [1.54, 1.807) is 12.1 Å². The summed E-state index contributed by atoms with van der Waals surface area (Å²) in [6.45, 7) is 1.30. The van der Waals surface area contributed by atoms with E-state index in [1.165, 1.54) is 6.20 Å². The lowest BCUT2D eigenvalue weighted by Gasteiger charge is -2.20. The molecule has 0 radical (unpaired) electrons. The second-order valence-corrected chi connectivity index (χ2v) is 5.87. The summed E-state index contributed by atoms with van der Waals surface area (Å²) < 4.78 is 10.8. The number of nitrogens with one attached hydrogen (secondary N) is 1. The van der Waals surface area contributed by atoms with Crippen LogP contribution in [0.2, 0.25) is 0 Å². The van der Waals surface area contributed by atoms with Crippen molar-refractivity contribution in [2.75, 3.05) is 19.8 Å². The highest BCUT2D eigenvalue weighted by Crippen LogP contribution is 2.17. The molecule has 0 unspecified atom stereocenters. The number of hydrogen-bond donors (Lipinski definition) is 2. The van der Waals surface area contributed by atoms with Crippen molar-refractivity contribution < 1.29 is 19.4 Å². The van der Waals surface area contributed by atoms with E-state index in [0.717, 1.165) is 5.56 Å². The van der Waals surface area contributed by atoms with E-state index in [1.807, 2.05) is 30.3 Å². The average molecular weight is 328 g/mol. The zero-order valence-corrected chi connectivity index (χ0v) is 13.3. The predicted molar refractivity (Wildman–Crippen MR) is 87.7 cm³/mol. The van der Waals surface area contributed by atoms with Crippen molar-refractivity contribution >= 4 is 5.91 Å². The molecule has 0 aliphatic carbocycles. The van der Waals surface area contributed by atoms with Gasteiger partial charge in [0.15, 0.2) is 0 Å². The van der Waals surface area contributed by atoms with E-state index in [-0.39, 0.29) is 19.1 Å². The lowest BCUT2D eigenvalue weighted by atomic mass is 10.0. The minimum atomic E-state index is -0.977. The third-order valence-electron chi connectivity index (χ3n) is 3.89. The molecule has 1 aliphatic heterocycles. The van der Waals surface area contributed by atoms with Gasteiger partial charge in [0.25, 0.3) is 5.91 Å². The number of benzene rings is 1. The number of pyridine rings is 1. The minimum Gasteiger partial charge on any atom is -0.473 e. The number of hydrogen-bond acceptors (Lipinski definition) is 5. The van der Waals surface area contributed by atoms with Crippen LogP contribution in [0, 0.1) is 0 Å². The predicted octanol–water partition coefficient (Wildman–Crippen LogP) is 1.54. The first kappa shape index (κ1) is 16.4. The normalized spacial score (nSPS) is 19.9. The van der Waals surface area contributed by atoms with Crippen molar-refractivity contribution in [1.29, 1.82) is 0 Å². The number of rotatable bonds is 6. The molecule has 1 aromatic carbocycles. The van der Waals surface area contributed by atoms with Gasteiger partial charge in [-0.15, -0.1) is 0 Å². The summed E-state index contributed by atoms with van der Waals surface area (Å²) in [5, 5.41) is 12.9. The molecule has 2 heterocycles. The summed E-state index contributed by atoms with van der Waals surface area (Å²) in [4.78, 5) is 16.3. The highest BCUT2D eigenvalue weighted by molar-refractivity contribution is 5.94. The Hall–Kier alpha value is -2.44. The second-order valence-electron chi connectivity index (χ2n) is 5.87. The van der Waals surface area contributed by atoms with E-state index in [4.69, 9.17) is 9.47 Å². The average Bonchev–Trinajstić information content (AvgIpc) is 3.06. The zero-order chi connectivity index (χ0) is 16.8. The highest BCUT2D eigenvalue weighted by atomic mass is 16.5. The molecule has 6 nitrogen and oxygen atoms in total. The van der Waals surface area contributed by atoms with Crippen molar-refractivity contribution in [1.82, 2.24) is 10.3 Å². The fraction of sp³-hybridized carbons (Fsp3) is 0.333. The van der Waals surface area contributed by atoms with Crippen molar-refractivity contribution in [3.05, 3.63) is 59.8 Å². The maximum atomic E-state index is 12.2. The molecule has 1 fully saturated rings. The number of ether oxygens (including phenoxy) is 2. The Morgan fingerprint density at radius 1 is 1.33 bits per heavy atom. The first-order valence-corrected chi connectivity index (χ1v) is 7.86. The quantitative estimate of drug-likeness (QED) is 0.841. The van der Waals surface area contributed by atoms with Gasteiger partial charge < -0.3 is 19.9 Å². The number of aliphatic hydroxyl groups is 1. The third kappa shape index (κ3) is 4.31. The summed E-state index contributed by atoms with van der Waals surface area (Å²) in [5.41, 5.74) is 0.489. The van der Waals surface area contributed by atoms with Gasteiger partial charge in [-0.25, -0.2) is 4.98 Å². The lowest BCUT2D eigenvalue weighted by molar-refractivity contribution is 0.0264. The van der Waals surface area contributed by atoms with E-state index in [0.29, 0.717) is 31.1 Å². The number of carbonyl (C=O) groups is 1. The smallest absolute Gasteiger partial charge is 0.251 e. The number of carbonyl (C=O) groups excluding carboxylic acids is 1. The van der Waals surface area contributed by atoms with Gasteiger partial charge in [0.1, 0.15) is 12.2 Å². The largest absolute Gasteiger partial charge is 0.473 e. The molecule has 0 spiro atoms. The van der Waals surface area contributed by atoms with Gasteiger partial charge in [0.05, 0.1) is 6.61 Å². The molecule has 1 aliphatic rings. The SMILES string of the molecule is O=C(NC[C@@]1(O)CCOC1)c1ccnc(OCc2ccccc2)c1. The number of nitrogens with zero attached hydrogens (tertiary/aromatic N) is 1. The molecule has 2 N–H and O–H groups in total. The van der Waals surface area contributed by atoms with Crippen LogP contribution in [0.5, 0.6) is 5.88 Å². The molecule has 0 bridgehead atoms. The zero-order valence-electron chi connectivity index (χ0n) is 13.3. The molecule has 3 rings (SSSR count). The Morgan fingerprint density at radius 2 is 2.17 bits per heavy atom. The second kappa shape index (κ2) is 7.42. The molecular formula is C18H20N2O4. The van der Waals surface area contributed by atoms with Crippen LogP contribution in [0.25, 0.3) is 0 Å². The van der Waals surface area contributed by atoms with Crippen molar-refractivity contribution in [2.45, 2.75) is 18.6 Å². The van der Waals surface area contributed by atoms with Crippen LogP contribution in [0.1, 0.15) is 22.3 Å². The van der Waals surface area contributed by atoms with Crippen LogP contribution in [-0.4, -0.2) is 41.4 Å². The van der Waals surface area contributed by atoms with E-state index >= 15 is 0 Å². The maximum absolute atomic E-state index is 12.2. The molecule has 6 heteroatoms. The molecule has 126 valence electrons. The molecule has 1 aromatic heterocycles. The van der Waals surface area contributed by atoms with Crippen LogP contribution >= 0.6 is 0 Å². The Labute approximate surface area is 140 Å². The van der Waals surface area contributed by atoms with Crippen LogP contribution in [0.3, 0.4) is 0 Å². The third-order valence-corrected chi connectivity index (χ3v) is 3.89. The van der Waals surface area contributed by atoms with Gasteiger partial charge in [-0.2, -0.15) is 0 Å². The van der Waals surface area contributed by atoms with Crippen molar-refractivity contribution in [2.24, 2.45) is 0 Å². The topological polar surface area (TPSA) is 80.7 Å². The van der Waals surface area contributed by atoms with Gasteiger partial charge in [-0.3, -0.25) is 4.79 Å². The maximum Gasteiger partial charge on any atom is 0.251 e. The van der Waals surface area contributed by atoms with Gasteiger partial charge in [-0.05, 0) is 11.6 Å². The summed E-state index contributed by atoms with van der Waals surface area (Å²) in [6.07, 6.45) is 2.05. The highest BCUT2D eigenvalue weighted by Gasteiger charge is 2.32. The Morgan fingerprint density at radius 3 is 2.92 bits per heavy atom. The Bertz CT molecular complexity index is 684. The fourth-order valence-electron chi connectivity index (χ4n) is 2.44. The van der Waals surface area contributed by atoms with Crippen LogP contribution < -0.4 is 10.1 Å².